The minimum atomic E-state index is -0.304. The first-order chi connectivity index (χ1) is 15.2. The standard InChI is InChI=1S/C22H24N6O2S/c1-31-13-11-18(21-25-16-8-4-5-9-17(16)26-21)24-19(29)10-12-23-22(30)20-14-6-2-3-7-15(14)27-28-20/h2-9,18H,10-13H2,1H3,(H,23,30)(H,24,29)(H,25,26)(H,27,28). The highest BCUT2D eigenvalue weighted by molar-refractivity contribution is 7.98. The second kappa shape index (κ2) is 9.65. The Balaban J connectivity index is 1.35. The van der Waals surface area contributed by atoms with Crippen LogP contribution in [-0.4, -0.2) is 50.5 Å². The Morgan fingerprint density at radius 1 is 1.10 bits per heavy atom. The molecule has 2 aromatic heterocycles. The number of rotatable bonds is 9. The molecule has 1 atom stereocenters. The van der Waals surface area contributed by atoms with Crippen LogP contribution >= 0.6 is 11.8 Å². The average Bonchev–Trinajstić information content (AvgIpc) is 3.40. The highest BCUT2D eigenvalue weighted by Crippen LogP contribution is 2.20. The summed E-state index contributed by atoms with van der Waals surface area (Å²) in [5, 5.41) is 13.5. The maximum absolute atomic E-state index is 12.6. The lowest BCUT2D eigenvalue weighted by atomic mass is 10.2. The van der Waals surface area contributed by atoms with Crippen molar-refractivity contribution >= 4 is 45.5 Å². The zero-order valence-corrected chi connectivity index (χ0v) is 18.0. The van der Waals surface area contributed by atoms with Crippen molar-refractivity contribution in [1.29, 1.82) is 0 Å². The molecule has 9 heteroatoms. The second-order valence-electron chi connectivity index (χ2n) is 7.16. The monoisotopic (exact) mass is 436 g/mol. The molecule has 0 radical (unpaired) electrons. The Kier molecular flexibility index (Phi) is 6.51. The van der Waals surface area contributed by atoms with Crippen LogP contribution in [0.3, 0.4) is 0 Å². The Morgan fingerprint density at radius 2 is 1.87 bits per heavy atom. The summed E-state index contributed by atoms with van der Waals surface area (Å²) in [5.41, 5.74) is 2.95. The number of para-hydroxylation sites is 3. The average molecular weight is 437 g/mol. The number of thioether (sulfide) groups is 1. The summed E-state index contributed by atoms with van der Waals surface area (Å²) in [6.07, 6.45) is 2.97. The molecule has 4 rings (SSSR count). The van der Waals surface area contributed by atoms with Gasteiger partial charge in [-0.2, -0.15) is 16.9 Å². The molecule has 0 aliphatic carbocycles. The van der Waals surface area contributed by atoms with Gasteiger partial charge in [0.1, 0.15) is 5.82 Å². The van der Waals surface area contributed by atoms with Crippen LogP contribution in [0.25, 0.3) is 21.9 Å². The van der Waals surface area contributed by atoms with Crippen molar-refractivity contribution in [2.24, 2.45) is 0 Å². The number of fused-ring (bicyclic) bond motifs is 2. The second-order valence-corrected chi connectivity index (χ2v) is 8.15. The summed E-state index contributed by atoms with van der Waals surface area (Å²) in [6.45, 7) is 0.223. The van der Waals surface area contributed by atoms with Gasteiger partial charge in [-0.3, -0.25) is 14.7 Å². The lowest BCUT2D eigenvalue weighted by Crippen LogP contribution is -2.33. The van der Waals surface area contributed by atoms with Gasteiger partial charge in [0.25, 0.3) is 5.91 Å². The molecule has 2 heterocycles. The number of nitrogens with one attached hydrogen (secondary N) is 4. The number of benzene rings is 2. The van der Waals surface area contributed by atoms with Crippen LogP contribution in [0.15, 0.2) is 48.5 Å². The first kappa shape index (κ1) is 20.9. The number of imidazole rings is 1. The van der Waals surface area contributed by atoms with Crippen molar-refractivity contribution in [3.05, 3.63) is 60.0 Å². The predicted molar refractivity (Wildman–Crippen MR) is 123 cm³/mol. The lowest BCUT2D eigenvalue weighted by Gasteiger charge is -2.16. The van der Waals surface area contributed by atoms with Crippen molar-refractivity contribution in [3.8, 4) is 0 Å². The number of carbonyl (C=O) groups is 2. The third-order valence-corrected chi connectivity index (χ3v) is 5.65. The fourth-order valence-electron chi connectivity index (χ4n) is 3.43. The molecule has 160 valence electrons. The molecule has 31 heavy (non-hydrogen) atoms. The topological polar surface area (TPSA) is 116 Å². The first-order valence-electron chi connectivity index (χ1n) is 10.1. The summed E-state index contributed by atoms with van der Waals surface area (Å²) in [5.74, 6) is 1.20. The molecule has 1 unspecified atom stereocenters. The minimum absolute atomic E-state index is 0.140. The molecule has 2 amide bonds. The van der Waals surface area contributed by atoms with Gasteiger partial charge in [-0.15, -0.1) is 0 Å². The van der Waals surface area contributed by atoms with E-state index in [1.165, 1.54) is 0 Å². The largest absolute Gasteiger partial charge is 0.350 e. The number of aromatic amines is 2. The van der Waals surface area contributed by atoms with Gasteiger partial charge in [-0.25, -0.2) is 4.98 Å². The molecule has 8 nitrogen and oxygen atoms in total. The fraction of sp³-hybridized carbons (Fsp3) is 0.273. The number of nitrogens with zero attached hydrogens (tertiary/aromatic N) is 2. The van der Waals surface area contributed by atoms with E-state index >= 15 is 0 Å². The van der Waals surface area contributed by atoms with Gasteiger partial charge in [-0.05, 0) is 36.6 Å². The van der Waals surface area contributed by atoms with E-state index in [0.29, 0.717) is 5.69 Å². The molecule has 0 aliphatic rings. The molecule has 0 saturated carbocycles. The van der Waals surface area contributed by atoms with E-state index < -0.39 is 0 Å². The Morgan fingerprint density at radius 3 is 2.68 bits per heavy atom. The number of hydrogen-bond donors (Lipinski definition) is 4. The molecule has 4 N–H and O–H groups in total. The van der Waals surface area contributed by atoms with Crippen molar-refractivity contribution in [3.63, 3.8) is 0 Å². The summed E-state index contributed by atoms with van der Waals surface area (Å²) < 4.78 is 0. The van der Waals surface area contributed by atoms with Crippen molar-refractivity contribution in [2.75, 3.05) is 18.6 Å². The van der Waals surface area contributed by atoms with Crippen LogP contribution in [0.4, 0.5) is 0 Å². The number of amides is 2. The van der Waals surface area contributed by atoms with E-state index in [2.05, 4.69) is 30.8 Å². The van der Waals surface area contributed by atoms with Crippen LogP contribution in [0, 0.1) is 0 Å². The number of H-pyrrole nitrogens is 2. The van der Waals surface area contributed by atoms with Gasteiger partial charge in [-0.1, -0.05) is 30.3 Å². The van der Waals surface area contributed by atoms with Crippen LogP contribution in [-0.2, 0) is 4.79 Å². The van der Waals surface area contributed by atoms with Crippen molar-refractivity contribution < 1.29 is 9.59 Å². The van der Waals surface area contributed by atoms with Crippen LogP contribution in [0.2, 0.25) is 0 Å². The van der Waals surface area contributed by atoms with E-state index in [4.69, 9.17) is 0 Å². The molecule has 0 fully saturated rings. The van der Waals surface area contributed by atoms with E-state index in [9.17, 15) is 9.59 Å². The number of carbonyl (C=O) groups excluding carboxylic acids is 2. The van der Waals surface area contributed by atoms with Crippen LogP contribution in [0.5, 0.6) is 0 Å². The third-order valence-electron chi connectivity index (χ3n) is 5.01. The van der Waals surface area contributed by atoms with E-state index in [-0.39, 0.29) is 30.8 Å². The molecule has 4 aromatic rings. The highest BCUT2D eigenvalue weighted by Gasteiger charge is 2.19. The number of hydrogen-bond acceptors (Lipinski definition) is 5. The van der Waals surface area contributed by atoms with Gasteiger partial charge < -0.3 is 15.6 Å². The fourth-order valence-corrected chi connectivity index (χ4v) is 3.90. The van der Waals surface area contributed by atoms with Gasteiger partial charge in [0.15, 0.2) is 5.69 Å². The predicted octanol–water partition coefficient (Wildman–Crippen LogP) is 3.17. The maximum Gasteiger partial charge on any atom is 0.272 e. The SMILES string of the molecule is CSCCC(NC(=O)CCNC(=O)c1n[nH]c2ccccc12)c1nc2ccccc2[nH]1. The molecule has 0 saturated heterocycles. The van der Waals surface area contributed by atoms with Crippen molar-refractivity contribution in [2.45, 2.75) is 18.9 Å². The molecular formula is C22H24N6O2S. The quantitative estimate of drug-likeness (QED) is 0.322. The zero-order valence-electron chi connectivity index (χ0n) is 17.1. The molecule has 2 aromatic carbocycles. The number of aromatic nitrogens is 4. The Bertz CT molecular complexity index is 1170. The van der Waals surface area contributed by atoms with Gasteiger partial charge in [0.05, 0.1) is 22.6 Å². The zero-order chi connectivity index (χ0) is 21.6. The van der Waals surface area contributed by atoms with Gasteiger partial charge in [0, 0.05) is 18.4 Å². The molecule has 0 aliphatic heterocycles. The van der Waals surface area contributed by atoms with Gasteiger partial charge >= 0.3 is 0 Å². The maximum atomic E-state index is 12.6. The minimum Gasteiger partial charge on any atom is -0.350 e. The van der Waals surface area contributed by atoms with Crippen LogP contribution in [0.1, 0.15) is 35.2 Å². The normalized spacial score (nSPS) is 12.2. The van der Waals surface area contributed by atoms with E-state index in [1.807, 2.05) is 54.8 Å². The summed E-state index contributed by atoms with van der Waals surface area (Å²) >= 11 is 1.72. The van der Waals surface area contributed by atoms with Gasteiger partial charge in [0.2, 0.25) is 5.91 Å². The molecule has 0 bridgehead atoms. The van der Waals surface area contributed by atoms with Crippen molar-refractivity contribution in [1.82, 2.24) is 30.8 Å². The Hall–Kier alpha value is -3.33. The van der Waals surface area contributed by atoms with Crippen LogP contribution < -0.4 is 10.6 Å². The smallest absolute Gasteiger partial charge is 0.272 e. The third kappa shape index (κ3) is 4.88. The molecule has 0 spiro atoms. The molecular weight excluding hydrogens is 412 g/mol. The highest BCUT2D eigenvalue weighted by atomic mass is 32.2. The summed E-state index contributed by atoms with van der Waals surface area (Å²) in [6, 6.07) is 15.0. The summed E-state index contributed by atoms with van der Waals surface area (Å²) in [7, 11) is 0. The van der Waals surface area contributed by atoms with E-state index in [1.54, 1.807) is 11.8 Å². The van der Waals surface area contributed by atoms with E-state index in [0.717, 1.165) is 39.9 Å². The Labute approximate surface area is 183 Å². The first-order valence-corrected chi connectivity index (χ1v) is 11.5. The summed E-state index contributed by atoms with van der Waals surface area (Å²) in [4.78, 5) is 32.9. The lowest BCUT2D eigenvalue weighted by molar-refractivity contribution is -0.121.